The molecule has 104 valence electrons. The van der Waals surface area contributed by atoms with E-state index in [-0.39, 0.29) is 18.6 Å². The van der Waals surface area contributed by atoms with Crippen molar-refractivity contribution in [2.45, 2.75) is 26.3 Å². The van der Waals surface area contributed by atoms with Crippen LogP contribution in [0.15, 0.2) is 30.3 Å². The summed E-state index contributed by atoms with van der Waals surface area (Å²) in [7, 11) is 0. The van der Waals surface area contributed by atoms with Gasteiger partial charge >= 0.3 is 0 Å². The highest BCUT2D eigenvalue weighted by molar-refractivity contribution is 5.91. The summed E-state index contributed by atoms with van der Waals surface area (Å²) in [6, 6.07) is 7.51. The van der Waals surface area contributed by atoms with Crippen molar-refractivity contribution in [2.24, 2.45) is 0 Å². The minimum atomic E-state index is -0.158. The van der Waals surface area contributed by atoms with Crippen molar-refractivity contribution in [1.82, 2.24) is 5.32 Å². The smallest absolute Gasteiger partial charge is 0.244 e. The molecule has 1 rings (SSSR count). The number of hydrogen-bond donors (Lipinski definition) is 2. The Morgan fingerprint density at radius 3 is 2.68 bits per heavy atom. The third-order valence-corrected chi connectivity index (χ3v) is 2.57. The molecule has 0 aliphatic heterocycles. The molecule has 0 radical (unpaired) electrons. The molecule has 0 aliphatic rings. The lowest BCUT2D eigenvalue weighted by molar-refractivity contribution is -0.117. The van der Waals surface area contributed by atoms with Crippen LogP contribution in [0.1, 0.15) is 25.8 Å². The van der Waals surface area contributed by atoms with Crippen molar-refractivity contribution >= 4 is 12.0 Å². The molecule has 0 spiro atoms. The normalized spacial score (nSPS) is 12.4. The molecule has 1 aromatic carbocycles. The molecular formula is C15H21NO3. The van der Waals surface area contributed by atoms with Gasteiger partial charge in [-0.25, -0.2) is 0 Å². The summed E-state index contributed by atoms with van der Waals surface area (Å²) in [5.74, 6) is 0.663. The highest BCUT2D eigenvalue weighted by Gasteiger charge is 2.03. The molecule has 0 aromatic heterocycles. The Hall–Kier alpha value is -1.81. The van der Waals surface area contributed by atoms with E-state index in [1.54, 1.807) is 6.08 Å². The van der Waals surface area contributed by atoms with Crippen LogP contribution in [0.3, 0.4) is 0 Å². The Labute approximate surface area is 114 Å². The Morgan fingerprint density at radius 1 is 1.42 bits per heavy atom. The standard InChI is InChI=1S/C15H21NO3/c1-3-19-14-7-4-13(5-8-14)6-9-15(18)16-12(2)10-11-17/h4-9,12,17H,3,10-11H2,1-2H3,(H,16,18)/b9-6+. The third kappa shape index (κ3) is 6.06. The van der Waals surface area contributed by atoms with E-state index < -0.39 is 0 Å². The van der Waals surface area contributed by atoms with Crippen molar-refractivity contribution in [1.29, 1.82) is 0 Å². The monoisotopic (exact) mass is 263 g/mol. The number of carbonyl (C=O) groups is 1. The van der Waals surface area contributed by atoms with Crippen molar-refractivity contribution in [2.75, 3.05) is 13.2 Å². The molecule has 4 heteroatoms. The predicted molar refractivity (Wildman–Crippen MR) is 76.0 cm³/mol. The molecule has 1 amide bonds. The van der Waals surface area contributed by atoms with Gasteiger partial charge in [0.05, 0.1) is 6.61 Å². The topological polar surface area (TPSA) is 58.6 Å². The molecule has 2 N–H and O–H groups in total. The number of rotatable bonds is 7. The van der Waals surface area contributed by atoms with Crippen LogP contribution in [0.2, 0.25) is 0 Å². The quantitative estimate of drug-likeness (QED) is 0.740. The van der Waals surface area contributed by atoms with E-state index in [0.29, 0.717) is 13.0 Å². The molecule has 0 bridgehead atoms. The molecule has 1 atom stereocenters. The lowest BCUT2D eigenvalue weighted by Gasteiger charge is -2.09. The number of aliphatic hydroxyl groups excluding tert-OH is 1. The number of nitrogens with one attached hydrogen (secondary N) is 1. The van der Waals surface area contributed by atoms with Crippen molar-refractivity contribution in [3.05, 3.63) is 35.9 Å². The average molecular weight is 263 g/mol. The summed E-state index contributed by atoms with van der Waals surface area (Å²) in [5.41, 5.74) is 0.938. The first-order chi connectivity index (χ1) is 9.15. The number of aliphatic hydroxyl groups is 1. The maximum absolute atomic E-state index is 11.6. The molecule has 1 unspecified atom stereocenters. The van der Waals surface area contributed by atoms with Gasteiger partial charge in [-0.2, -0.15) is 0 Å². The molecule has 4 nitrogen and oxygen atoms in total. The SMILES string of the molecule is CCOc1ccc(/C=C/C(=O)NC(C)CCO)cc1. The minimum absolute atomic E-state index is 0.0255. The lowest BCUT2D eigenvalue weighted by atomic mass is 10.2. The number of ether oxygens (including phenoxy) is 1. The molecule has 0 heterocycles. The van der Waals surface area contributed by atoms with Crippen LogP contribution in [0.5, 0.6) is 5.75 Å². The first-order valence-corrected chi connectivity index (χ1v) is 6.48. The summed E-state index contributed by atoms with van der Waals surface area (Å²) < 4.78 is 5.34. The zero-order valence-corrected chi connectivity index (χ0v) is 11.4. The van der Waals surface area contributed by atoms with Crippen LogP contribution in [-0.4, -0.2) is 30.3 Å². The van der Waals surface area contributed by atoms with Crippen LogP contribution in [0.25, 0.3) is 6.08 Å². The summed E-state index contributed by atoms with van der Waals surface area (Å²) in [5, 5.41) is 11.5. The fourth-order valence-corrected chi connectivity index (χ4v) is 1.57. The number of hydrogen-bond acceptors (Lipinski definition) is 3. The van der Waals surface area contributed by atoms with Gasteiger partial charge in [0, 0.05) is 18.7 Å². The predicted octanol–water partition coefficient (Wildman–Crippen LogP) is 1.99. The molecule has 1 aromatic rings. The van der Waals surface area contributed by atoms with E-state index in [4.69, 9.17) is 9.84 Å². The van der Waals surface area contributed by atoms with Crippen molar-refractivity contribution < 1.29 is 14.6 Å². The third-order valence-electron chi connectivity index (χ3n) is 2.57. The second-order valence-corrected chi connectivity index (χ2v) is 4.26. The van der Waals surface area contributed by atoms with E-state index in [2.05, 4.69) is 5.32 Å². The van der Waals surface area contributed by atoms with E-state index in [1.165, 1.54) is 6.08 Å². The van der Waals surface area contributed by atoms with Crippen LogP contribution in [0.4, 0.5) is 0 Å². The van der Waals surface area contributed by atoms with Crippen molar-refractivity contribution in [3.63, 3.8) is 0 Å². The minimum Gasteiger partial charge on any atom is -0.494 e. The van der Waals surface area contributed by atoms with Gasteiger partial charge in [-0.3, -0.25) is 4.79 Å². The Morgan fingerprint density at radius 2 is 2.11 bits per heavy atom. The summed E-state index contributed by atoms with van der Waals surface area (Å²) in [6.45, 7) is 4.51. The summed E-state index contributed by atoms with van der Waals surface area (Å²) in [6.07, 6.45) is 3.79. The van der Waals surface area contributed by atoms with Gasteiger partial charge in [0.1, 0.15) is 5.75 Å². The zero-order valence-electron chi connectivity index (χ0n) is 11.4. The van der Waals surface area contributed by atoms with E-state index >= 15 is 0 Å². The van der Waals surface area contributed by atoms with E-state index in [1.807, 2.05) is 38.1 Å². The van der Waals surface area contributed by atoms with Gasteiger partial charge in [0.2, 0.25) is 5.91 Å². The largest absolute Gasteiger partial charge is 0.494 e. The Balaban J connectivity index is 2.49. The Bertz CT molecular complexity index is 412. The Kier molecular flexibility index (Phi) is 6.68. The van der Waals surface area contributed by atoms with Gasteiger partial charge in [0.15, 0.2) is 0 Å². The second kappa shape index (κ2) is 8.32. The molecule has 19 heavy (non-hydrogen) atoms. The first kappa shape index (κ1) is 15.2. The zero-order chi connectivity index (χ0) is 14.1. The van der Waals surface area contributed by atoms with E-state index in [9.17, 15) is 4.79 Å². The van der Waals surface area contributed by atoms with Crippen LogP contribution < -0.4 is 10.1 Å². The molecule has 0 saturated heterocycles. The number of benzene rings is 1. The maximum atomic E-state index is 11.6. The molecule has 0 saturated carbocycles. The molecular weight excluding hydrogens is 242 g/mol. The second-order valence-electron chi connectivity index (χ2n) is 4.26. The van der Waals surface area contributed by atoms with Gasteiger partial charge in [-0.1, -0.05) is 12.1 Å². The fraction of sp³-hybridized carbons (Fsp3) is 0.400. The summed E-state index contributed by atoms with van der Waals surface area (Å²) in [4.78, 5) is 11.6. The van der Waals surface area contributed by atoms with Gasteiger partial charge in [-0.05, 0) is 44.0 Å². The summed E-state index contributed by atoms with van der Waals surface area (Å²) >= 11 is 0. The lowest BCUT2D eigenvalue weighted by Crippen LogP contribution is -2.31. The van der Waals surface area contributed by atoms with Gasteiger partial charge in [0.25, 0.3) is 0 Å². The molecule has 0 aliphatic carbocycles. The molecule has 0 fully saturated rings. The van der Waals surface area contributed by atoms with Crippen molar-refractivity contribution in [3.8, 4) is 5.75 Å². The van der Waals surface area contributed by atoms with Crippen LogP contribution in [-0.2, 0) is 4.79 Å². The van der Waals surface area contributed by atoms with E-state index in [0.717, 1.165) is 11.3 Å². The van der Waals surface area contributed by atoms with Gasteiger partial charge < -0.3 is 15.2 Å². The van der Waals surface area contributed by atoms with Crippen LogP contribution >= 0.6 is 0 Å². The highest BCUT2D eigenvalue weighted by atomic mass is 16.5. The number of carbonyl (C=O) groups excluding carboxylic acids is 1. The van der Waals surface area contributed by atoms with Gasteiger partial charge in [-0.15, -0.1) is 0 Å². The van der Waals surface area contributed by atoms with Crippen LogP contribution in [0, 0.1) is 0 Å². The average Bonchev–Trinajstić information content (AvgIpc) is 2.38. The first-order valence-electron chi connectivity index (χ1n) is 6.48. The maximum Gasteiger partial charge on any atom is 0.244 e. The highest BCUT2D eigenvalue weighted by Crippen LogP contribution is 2.12. The number of amides is 1. The fourth-order valence-electron chi connectivity index (χ4n) is 1.57.